The zero-order valence-electron chi connectivity index (χ0n) is 7.83. The molecule has 4 nitrogen and oxygen atoms in total. The van der Waals surface area contributed by atoms with E-state index in [-0.39, 0.29) is 17.7 Å². The highest BCUT2D eigenvalue weighted by molar-refractivity contribution is 5.73. The fourth-order valence-corrected chi connectivity index (χ4v) is 1.19. The molecule has 1 rings (SSSR count). The standard InChI is InChI=1S/C8H16N2O2/c1-8(2,3)12-6-4-10(5-6)7(9)11/h6H,4-5H2,1-3H3,(H2,9,11). The van der Waals surface area contributed by atoms with Gasteiger partial charge in [-0.25, -0.2) is 4.79 Å². The number of carbonyl (C=O) groups is 1. The molecule has 0 radical (unpaired) electrons. The number of nitrogens with two attached hydrogens (primary N) is 1. The van der Waals surface area contributed by atoms with Crippen LogP contribution in [0.4, 0.5) is 4.79 Å². The van der Waals surface area contributed by atoms with Gasteiger partial charge in [0.05, 0.1) is 24.8 Å². The van der Waals surface area contributed by atoms with Gasteiger partial charge in [-0.05, 0) is 20.8 Å². The molecule has 0 aromatic carbocycles. The summed E-state index contributed by atoms with van der Waals surface area (Å²) in [6.07, 6.45) is 0.164. The van der Waals surface area contributed by atoms with E-state index in [0.29, 0.717) is 13.1 Å². The Bertz CT molecular complexity index is 180. The lowest BCUT2D eigenvalue weighted by Crippen LogP contribution is -2.58. The predicted octanol–water partition coefficient (Wildman–Crippen LogP) is 0.564. The number of hydrogen-bond donors (Lipinski definition) is 1. The molecule has 1 fully saturated rings. The number of ether oxygens (including phenoxy) is 1. The average molecular weight is 172 g/mol. The predicted molar refractivity (Wildman–Crippen MR) is 45.8 cm³/mol. The van der Waals surface area contributed by atoms with Crippen LogP contribution in [0, 0.1) is 0 Å². The Labute approximate surface area is 72.7 Å². The highest BCUT2D eigenvalue weighted by Gasteiger charge is 2.32. The molecule has 12 heavy (non-hydrogen) atoms. The fraction of sp³-hybridized carbons (Fsp3) is 0.875. The molecule has 2 N–H and O–H groups in total. The third-order valence-corrected chi connectivity index (χ3v) is 1.68. The normalized spacial score (nSPS) is 19.1. The van der Waals surface area contributed by atoms with Crippen LogP contribution in [0.1, 0.15) is 20.8 Å². The van der Waals surface area contributed by atoms with Crippen LogP contribution in [-0.4, -0.2) is 35.7 Å². The van der Waals surface area contributed by atoms with E-state index in [1.54, 1.807) is 4.90 Å². The van der Waals surface area contributed by atoms with Crippen LogP contribution in [0.5, 0.6) is 0 Å². The van der Waals surface area contributed by atoms with Crippen molar-refractivity contribution in [2.75, 3.05) is 13.1 Å². The number of rotatable bonds is 1. The highest BCUT2D eigenvalue weighted by atomic mass is 16.5. The van der Waals surface area contributed by atoms with Crippen molar-refractivity contribution in [3.8, 4) is 0 Å². The summed E-state index contributed by atoms with van der Waals surface area (Å²) >= 11 is 0. The van der Waals surface area contributed by atoms with Gasteiger partial charge in [0, 0.05) is 0 Å². The van der Waals surface area contributed by atoms with E-state index < -0.39 is 0 Å². The van der Waals surface area contributed by atoms with Crippen molar-refractivity contribution in [2.24, 2.45) is 5.73 Å². The summed E-state index contributed by atoms with van der Waals surface area (Å²) in [5, 5.41) is 0. The van der Waals surface area contributed by atoms with Gasteiger partial charge in [-0.3, -0.25) is 0 Å². The molecule has 2 amide bonds. The van der Waals surface area contributed by atoms with Crippen LogP contribution in [0.25, 0.3) is 0 Å². The Hall–Kier alpha value is -0.770. The van der Waals surface area contributed by atoms with Gasteiger partial charge in [-0.2, -0.15) is 0 Å². The summed E-state index contributed by atoms with van der Waals surface area (Å²) in [4.78, 5) is 12.2. The average Bonchev–Trinajstić information content (AvgIpc) is 1.74. The number of likely N-dealkylation sites (tertiary alicyclic amines) is 1. The molecule has 0 aliphatic carbocycles. The maximum atomic E-state index is 10.6. The molecule has 70 valence electrons. The van der Waals surface area contributed by atoms with Crippen molar-refractivity contribution in [1.82, 2.24) is 4.90 Å². The summed E-state index contributed by atoms with van der Waals surface area (Å²) < 4.78 is 5.60. The number of nitrogens with zero attached hydrogens (tertiary/aromatic N) is 1. The maximum Gasteiger partial charge on any atom is 0.314 e. The highest BCUT2D eigenvalue weighted by Crippen LogP contribution is 2.18. The largest absolute Gasteiger partial charge is 0.369 e. The first-order chi connectivity index (χ1) is 5.38. The molecular weight excluding hydrogens is 156 g/mol. The minimum Gasteiger partial charge on any atom is -0.369 e. The van der Waals surface area contributed by atoms with Gasteiger partial charge in [0.2, 0.25) is 0 Å². The zero-order chi connectivity index (χ0) is 9.35. The van der Waals surface area contributed by atoms with Gasteiger partial charge in [0.15, 0.2) is 0 Å². The molecule has 0 bridgehead atoms. The summed E-state index contributed by atoms with van der Waals surface area (Å²) in [6, 6.07) is -0.358. The molecular formula is C8H16N2O2. The van der Waals surface area contributed by atoms with E-state index in [2.05, 4.69) is 0 Å². The van der Waals surface area contributed by atoms with Crippen LogP contribution in [0.15, 0.2) is 0 Å². The van der Waals surface area contributed by atoms with Gasteiger partial charge >= 0.3 is 6.03 Å². The molecule has 0 spiro atoms. The third-order valence-electron chi connectivity index (χ3n) is 1.68. The first-order valence-corrected chi connectivity index (χ1v) is 4.11. The molecule has 1 aliphatic heterocycles. The minimum absolute atomic E-state index is 0.131. The second-order valence-corrected chi connectivity index (χ2v) is 4.10. The zero-order valence-corrected chi connectivity index (χ0v) is 7.83. The number of hydrogen-bond acceptors (Lipinski definition) is 2. The minimum atomic E-state index is -0.358. The number of urea groups is 1. The Balaban J connectivity index is 2.22. The first-order valence-electron chi connectivity index (χ1n) is 4.11. The third kappa shape index (κ3) is 2.37. The monoisotopic (exact) mass is 172 g/mol. The molecule has 0 atom stereocenters. The van der Waals surface area contributed by atoms with E-state index in [1.807, 2.05) is 20.8 Å². The van der Waals surface area contributed by atoms with E-state index in [0.717, 1.165) is 0 Å². The van der Waals surface area contributed by atoms with Crippen LogP contribution in [-0.2, 0) is 4.74 Å². The fourth-order valence-electron chi connectivity index (χ4n) is 1.19. The van der Waals surface area contributed by atoms with Gasteiger partial charge in [-0.1, -0.05) is 0 Å². The second-order valence-electron chi connectivity index (χ2n) is 4.10. The van der Waals surface area contributed by atoms with E-state index in [9.17, 15) is 4.79 Å². The van der Waals surface area contributed by atoms with E-state index in [4.69, 9.17) is 10.5 Å². The molecule has 4 heteroatoms. The van der Waals surface area contributed by atoms with Gasteiger partial charge in [0.25, 0.3) is 0 Å². The number of amides is 2. The van der Waals surface area contributed by atoms with Gasteiger partial charge in [-0.15, -0.1) is 0 Å². The Morgan fingerprint density at radius 1 is 1.50 bits per heavy atom. The summed E-state index contributed by atoms with van der Waals surface area (Å²) in [5.74, 6) is 0. The second kappa shape index (κ2) is 2.94. The molecule has 0 aromatic rings. The number of primary amides is 1. The molecule has 0 saturated carbocycles. The molecule has 0 aromatic heterocycles. The van der Waals surface area contributed by atoms with Crippen LogP contribution >= 0.6 is 0 Å². The van der Waals surface area contributed by atoms with Crippen LogP contribution in [0.3, 0.4) is 0 Å². The van der Waals surface area contributed by atoms with E-state index >= 15 is 0 Å². The maximum absolute atomic E-state index is 10.6. The number of carbonyl (C=O) groups excluding carboxylic acids is 1. The summed E-state index contributed by atoms with van der Waals surface area (Å²) in [7, 11) is 0. The van der Waals surface area contributed by atoms with Crippen molar-refractivity contribution in [2.45, 2.75) is 32.5 Å². The van der Waals surface area contributed by atoms with Crippen molar-refractivity contribution in [3.63, 3.8) is 0 Å². The Kier molecular flexibility index (Phi) is 2.28. The molecule has 1 saturated heterocycles. The van der Waals surface area contributed by atoms with Crippen molar-refractivity contribution in [3.05, 3.63) is 0 Å². The Morgan fingerprint density at radius 3 is 2.33 bits per heavy atom. The van der Waals surface area contributed by atoms with Crippen LogP contribution < -0.4 is 5.73 Å². The summed E-state index contributed by atoms with van der Waals surface area (Å²) in [5.41, 5.74) is 4.92. The van der Waals surface area contributed by atoms with Crippen molar-refractivity contribution in [1.29, 1.82) is 0 Å². The Morgan fingerprint density at radius 2 is 2.00 bits per heavy atom. The van der Waals surface area contributed by atoms with E-state index in [1.165, 1.54) is 0 Å². The molecule has 1 aliphatic rings. The topological polar surface area (TPSA) is 55.6 Å². The smallest absolute Gasteiger partial charge is 0.314 e. The molecule has 0 unspecified atom stereocenters. The SMILES string of the molecule is CC(C)(C)OC1CN(C(N)=O)C1. The summed E-state index contributed by atoms with van der Waals surface area (Å²) in [6.45, 7) is 7.26. The lowest BCUT2D eigenvalue weighted by Gasteiger charge is -2.41. The molecule has 1 heterocycles. The van der Waals surface area contributed by atoms with Gasteiger partial charge in [0.1, 0.15) is 0 Å². The van der Waals surface area contributed by atoms with Crippen LogP contribution in [0.2, 0.25) is 0 Å². The lowest BCUT2D eigenvalue weighted by molar-refractivity contribution is -0.110. The quantitative estimate of drug-likeness (QED) is 0.628. The lowest BCUT2D eigenvalue weighted by atomic mass is 10.1. The van der Waals surface area contributed by atoms with Gasteiger partial charge < -0.3 is 15.4 Å². The van der Waals surface area contributed by atoms with Crippen molar-refractivity contribution < 1.29 is 9.53 Å². The van der Waals surface area contributed by atoms with Crippen molar-refractivity contribution >= 4 is 6.03 Å². The first kappa shape index (κ1) is 9.32.